The van der Waals surface area contributed by atoms with Crippen molar-refractivity contribution in [2.45, 2.75) is 32.1 Å². The highest BCUT2D eigenvalue weighted by atomic mass is 16.5. The summed E-state index contributed by atoms with van der Waals surface area (Å²) in [5.74, 6) is 0.756. The third kappa shape index (κ3) is 5.28. The quantitative estimate of drug-likeness (QED) is 0.819. The van der Waals surface area contributed by atoms with Crippen LogP contribution in [-0.4, -0.2) is 55.1 Å². The van der Waals surface area contributed by atoms with Gasteiger partial charge in [-0.15, -0.1) is 0 Å². The van der Waals surface area contributed by atoms with E-state index in [0.717, 1.165) is 37.4 Å². The number of aliphatic hydroxyl groups is 1. The van der Waals surface area contributed by atoms with Gasteiger partial charge in [0.15, 0.2) is 0 Å². The Hall–Kier alpha value is -1.14. The van der Waals surface area contributed by atoms with Crippen molar-refractivity contribution in [3.05, 3.63) is 29.8 Å². The second kappa shape index (κ2) is 8.34. The van der Waals surface area contributed by atoms with E-state index in [0.29, 0.717) is 13.1 Å². The first-order valence-electron chi connectivity index (χ1n) is 7.62. The molecule has 0 aliphatic carbocycles. The van der Waals surface area contributed by atoms with Crippen molar-refractivity contribution >= 4 is 0 Å². The Labute approximate surface area is 126 Å². The fourth-order valence-corrected chi connectivity index (χ4v) is 2.60. The summed E-state index contributed by atoms with van der Waals surface area (Å²) in [7, 11) is 0. The minimum atomic E-state index is -0.513. The first-order valence-corrected chi connectivity index (χ1v) is 7.62. The molecule has 21 heavy (non-hydrogen) atoms. The summed E-state index contributed by atoms with van der Waals surface area (Å²) in [6.07, 6.45) is 0.716. The van der Waals surface area contributed by atoms with Crippen LogP contribution >= 0.6 is 0 Å². The molecule has 3 N–H and O–H groups in total. The lowest BCUT2D eigenvalue weighted by atomic mass is 10.2. The van der Waals surface area contributed by atoms with Crippen molar-refractivity contribution < 1.29 is 14.6 Å². The Morgan fingerprint density at radius 2 is 2.29 bits per heavy atom. The molecule has 5 heteroatoms. The fourth-order valence-electron chi connectivity index (χ4n) is 2.60. The van der Waals surface area contributed by atoms with Gasteiger partial charge in [0.1, 0.15) is 18.5 Å². The van der Waals surface area contributed by atoms with E-state index in [1.807, 2.05) is 24.3 Å². The van der Waals surface area contributed by atoms with Crippen molar-refractivity contribution in [1.82, 2.24) is 4.90 Å². The van der Waals surface area contributed by atoms with Crippen molar-refractivity contribution in [3.8, 4) is 5.75 Å². The van der Waals surface area contributed by atoms with Gasteiger partial charge in [0, 0.05) is 38.3 Å². The summed E-state index contributed by atoms with van der Waals surface area (Å²) in [6.45, 7) is 6.01. The van der Waals surface area contributed by atoms with Gasteiger partial charge in [-0.2, -0.15) is 0 Å². The van der Waals surface area contributed by atoms with Gasteiger partial charge in [-0.25, -0.2) is 0 Å². The predicted molar refractivity (Wildman–Crippen MR) is 82.3 cm³/mol. The summed E-state index contributed by atoms with van der Waals surface area (Å²) in [5, 5.41) is 10.2. The van der Waals surface area contributed by atoms with Crippen molar-refractivity contribution in [3.63, 3.8) is 0 Å². The number of rotatable bonds is 6. The average molecular weight is 294 g/mol. The first-order chi connectivity index (χ1) is 10.2. The highest BCUT2D eigenvalue weighted by Gasteiger charge is 2.18. The molecule has 2 rings (SSSR count). The Balaban J connectivity index is 1.80. The van der Waals surface area contributed by atoms with E-state index in [1.54, 1.807) is 0 Å². The summed E-state index contributed by atoms with van der Waals surface area (Å²) < 4.78 is 11.3. The topological polar surface area (TPSA) is 68.0 Å². The van der Waals surface area contributed by atoms with E-state index < -0.39 is 6.10 Å². The van der Waals surface area contributed by atoms with Gasteiger partial charge in [0.2, 0.25) is 0 Å². The van der Waals surface area contributed by atoms with Crippen LogP contribution in [0, 0.1) is 0 Å². The molecule has 1 aromatic rings. The fraction of sp³-hybridized carbons (Fsp3) is 0.625. The number of nitrogens with zero attached hydrogens (tertiary/aromatic N) is 1. The third-order valence-electron chi connectivity index (χ3n) is 3.63. The molecule has 0 radical (unpaired) electrons. The second-order valence-electron chi connectivity index (χ2n) is 5.57. The molecule has 0 aromatic heterocycles. The number of para-hydroxylation sites is 1. The number of benzene rings is 1. The highest BCUT2D eigenvalue weighted by molar-refractivity contribution is 5.32. The number of β-amino-alcohol motifs (C(OH)–C–C–N with tert-alkyl or cyclic N) is 1. The zero-order chi connectivity index (χ0) is 15.1. The minimum Gasteiger partial charge on any atom is -0.491 e. The van der Waals surface area contributed by atoms with Crippen molar-refractivity contribution in [1.29, 1.82) is 0 Å². The van der Waals surface area contributed by atoms with E-state index in [2.05, 4.69) is 11.8 Å². The zero-order valence-corrected chi connectivity index (χ0v) is 12.7. The minimum absolute atomic E-state index is 0.221. The smallest absolute Gasteiger partial charge is 0.123 e. The van der Waals surface area contributed by atoms with Crippen molar-refractivity contribution in [2.24, 2.45) is 5.73 Å². The van der Waals surface area contributed by atoms with E-state index in [1.165, 1.54) is 0 Å². The molecule has 1 aromatic carbocycles. The molecule has 0 spiro atoms. The van der Waals surface area contributed by atoms with Crippen LogP contribution in [0.15, 0.2) is 24.3 Å². The molecule has 2 atom stereocenters. The Morgan fingerprint density at radius 1 is 1.48 bits per heavy atom. The van der Waals surface area contributed by atoms with Gasteiger partial charge >= 0.3 is 0 Å². The lowest BCUT2D eigenvalue weighted by molar-refractivity contribution is 0.0439. The van der Waals surface area contributed by atoms with Gasteiger partial charge in [-0.1, -0.05) is 18.2 Å². The maximum absolute atomic E-state index is 10.2. The van der Waals surface area contributed by atoms with Gasteiger partial charge in [-0.3, -0.25) is 4.90 Å². The molecule has 1 saturated heterocycles. The SMILES string of the molecule is CC1CN(CC(O)COc2ccccc2CN)CCCO1. The molecule has 0 amide bonds. The summed E-state index contributed by atoms with van der Waals surface area (Å²) in [5.41, 5.74) is 6.63. The summed E-state index contributed by atoms with van der Waals surface area (Å²) in [4.78, 5) is 2.24. The van der Waals surface area contributed by atoms with Gasteiger partial charge < -0.3 is 20.3 Å². The van der Waals surface area contributed by atoms with Gasteiger partial charge in [0.05, 0.1) is 6.10 Å². The van der Waals surface area contributed by atoms with Crippen LogP contribution in [0.4, 0.5) is 0 Å². The van der Waals surface area contributed by atoms with Crippen LogP contribution in [0.5, 0.6) is 5.75 Å². The number of nitrogens with two attached hydrogens (primary N) is 1. The molecule has 5 nitrogen and oxygen atoms in total. The second-order valence-corrected chi connectivity index (χ2v) is 5.57. The molecule has 1 fully saturated rings. The predicted octanol–water partition coefficient (Wildman–Crippen LogP) is 0.996. The molecule has 1 heterocycles. The Morgan fingerprint density at radius 3 is 3.10 bits per heavy atom. The number of ether oxygens (including phenoxy) is 2. The molecule has 2 unspecified atom stereocenters. The number of hydrogen-bond acceptors (Lipinski definition) is 5. The average Bonchev–Trinajstić information content (AvgIpc) is 2.69. The normalized spacial score (nSPS) is 21.8. The Kier molecular flexibility index (Phi) is 6.45. The molecule has 118 valence electrons. The van der Waals surface area contributed by atoms with Gasteiger partial charge in [-0.05, 0) is 19.4 Å². The van der Waals surface area contributed by atoms with Crippen molar-refractivity contribution in [2.75, 3.05) is 32.8 Å². The number of hydrogen-bond donors (Lipinski definition) is 2. The zero-order valence-electron chi connectivity index (χ0n) is 12.7. The Bertz CT molecular complexity index is 428. The van der Waals surface area contributed by atoms with E-state index >= 15 is 0 Å². The molecular formula is C16H26N2O3. The third-order valence-corrected chi connectivity index (χ3v) is 3.63. The van der Waals surface area contributed by atoms with Crippen LogP contribution in [0.25, 0.3) is 0 Å². The van der Waals surface area contributed by atoms with Crippen LogP contribution in [0.2, 0.25) is 0 Å². The van der Waals surface area contributed by atoms with E-state index in [4.69, 9.17) is 15.2 Å². The first kappa shape index (κ1) is 16.2. The van der Waals surface area contributed by atoms with Crippen LogP contribution in [0.3, 0.4) is 0 Å². The molecule has 1 aliphatic heterocycles. The molecule has 0 bridgehead atoms. The van der Waals surface area contributed by atoms with Gasteiger partial charge in [0.25, 0.3) is 0 Å². The maximum atomic E-state index is 10.2. The van der Waals surface area contributed by atoms with Crippen LogP contribution in [0.1, 0.15) is 18.9 Å². The largest absolute Gasteiger partial charge is 0.491 e. The highest BCUT2D eigenvalue weighted by Crippen LogP contribution is 2.17. The lowest BCUT2D eigenvalue weighted by Crippen LogP contribution is -2.38. The molecular weight excluding hydrogens is 268 g/mol. The number of aliphatic hydroxyl groups excluding tert-OH is 1. The summed E-state index contributed by atoms with van der Waals surface area (Å²) in [6, 6.07) is 7.67. The maximum Gasteiger partial charge on any atom is 0.123 e. The van der Waals surface area contributed by atoms with Crippen LogP contribution in [-0.2, 0) is 11.3 Å². The van der Waals surface area contributed by atoms with E-state index in [9.17, 15) is 5.11 Å². The van der Waals surface area contributed by atoms with E-state index in [-0.39, 0.29) is 12.7 Å². The standard InChI is InChI=1S/C16H26N2O3/c1-13-10-18(7-4-8-20-13)11-15(19)12-21-16-6-3-2-5-14(16)9-17/h2-3,5-6,13,15,19H,4,7-12,17H2,1H3. The van der Waals surface area contributed by atoms with Crippen LogP contribution < -0.4 is 10.5 Å². The monoisotopic (exact) mass is 294 g/mol. The lowest BCUT2D eigenvalue weighted by Gasteiger charge is -2.24. The summed E-state index contributed by atoms with van der Waals surface area (Å²) >= 11 is 0. The molecule has 0 saturated carbocycles. The molecule has 1 aliphatic rings.